The van der Waals surface area contributed by atoms with Crippen molar-refractivity contribution in [3.05, 3.63) is 79.0 Å². The predicted octanol–water partition coefficient (Wildman–Crippen LogP) is 5.02. The van der Waals surface area contributed by atoms with Crippen LogP contribution in [0.5, 0.6) is 5.75 Å². The minimum absolute atomic E-state index is 0.410. The fraction of sp³-hybridized carbons (Fsp3) is 0.0435. The first-order chi connectivity index (χ1) is 14.3. The second-order valence-electron chi connectivity index (χ2n) is 6.44. The van der Waals surface area contributed by atoms with Crippen molar-refractivity contribution in [2.45, 2.75) is 0 Å². The van der Waals surface area contributed by atoms with Crippen LogP contribution in [0, 0.1) is 0 Å². The predicted molar refractivity (Wildman–Crippen MR) is 110 cm³/mol. The van der Waals surface area contributed by atoms with Crippen LogP contribution in [0.4, 0.5) is 0 Å². The molecule has 0 atom stereocenters. The minimum atomic E-state index is 0.410. The highest BCUT2D eigenvalue weighted by atomic mass is 16.5. The first-order valence-corrected chi connectivity index (χ1v) is 9.11. The quantitative estimate of drug-likeness (QED) is 0.436. The fourth-order valence-electron chi connectivity index (χ4n) is 3.17. The van der Waals surface area contributed by atoms with Gasteiger partial charge in [-0.2, -0.15) is 0 Å². The minimum Gasteiger partial charge on any atom is -0.497 e. The smallest absolute Gasteiger partial charge is 0.250 e. The lowest BCUT2D eigenvalue weighted by Crippen LogP contribution is -1.93. The third kappa shape index (κ3) is 3.21. The molecule has 0 aliphatic carbocycles. The van der Waals surface area contributed by atoms with Crippen LogP contribution in [0.25, 0.3) is 45.2 Å². The molecule has 140 valence electrons. The summed E-state index contributed by atoms with van der Waals surface area (Å²) in [5.41, 5.74) is 3.97. The summed E-state index contributed by atoms with van der Waals surface area (Å²) in [5.74, 6) is 1.62. The summed E-state index contributed by atoms with van der Waals surface area (Å²) < 4.78 is 11.2. The maximum absolute atomic E-state index is 6.02. The standard InChI is InChI=1S/C23H16N4O2/c1-28-18-11-9-16(10-12-18)22-26-27-23(29-22)19-14-17-8-5-13-24-21(17)25-20(19)15-6-3-2-4-7-15/h2-14H,1H3. The Kier molecular flexibility index (Phi) is 4.22. The molecule has 0 bridgehead atoms. The van der Waals surface area contributed by atoms with Crippen LogP contribution in [0.1, 0.15) is 0 Å². The first-order valence-electron chi connectivity index (χ1n) is 9.11. The van der Waals surface area contributed by atoms with Gasteiger partial charge < -0.3 is 9.15 Å². The summed E-state index contributed by atoms with van der Waals surface area (Å²) in [7, 11) is 1.63. The number of methoxy groups -OCH3 is 1. The van der Waals surface area contributed by atoms with Gasteiger partial charge >= 0.3 is 0 Å². The third-order valence-electron chi connectivity index (χ3n) is 4.63. The highest BCUT2D eigenvalue weighted by molar-refractivity contribution is 5.88. The van der Waals surface area contributed by atoms with E-state index in [4.69, 9.17) is 14.1 Å². The maximum Gasteiger partial charge on any atom is 0.250 e. The van der Waals surface area contributed by atoms with Crippen LogP contribution in [0.3, 0.4) is 0 Å². The molecule has 0 saturated carbocycles. The molecule has 0 aliphatic rings. The van der Waals surface area contributed by atoms with E-state index in [0.717, 1.165) is 33.5 Å². The number of pyridine rings is 2. The molecule has 0 spiro atoms. The molecule has 2 aromatic carbocycles. The van der Waals surface area contributed by atoms with Crippen molar-refractivity contribution in [2.75, 3.05) is 7.11 Å². The van der Waals surface area contributed by atoms with Crippen molar-refractivity contribution in [1.29, 1.82) is 0 Å². The number of benzene rings is 2. The zero-order chi connectivity index (χ0) is 19.6. The van der Waals surface area contributed by atoms with E-state index in [1.807, 2.05) is 72.8 Å². The summed E-state index contributed by atoms with van der Waals surface area (Å²) in [5, 5.41) is 9.43. The van der Waals surface area contributed by atoms with Crippen molar-refractivity contribution < 1.29 is 9.15 Å². The first kappa shape index (κ1) is 17.1. The van der Waals surface area contributed by atoms with Crippen LogP contribution in [0.2, 0.25) is 0 Å². The van der Waals surface area contributed by atoms with E-state index in [0.29, 0.717) is 17.4 Å². The molecule has 0 unspecified atom stereocenters. The molecule has 0 aliphatic heterocycles. The average molecular weight is 380 g/mol. The van der Waals surface area contributed by atoms with Gasteiger partial charge in [0, 0.05) is 22.7 Å². The van der Waals surface area contributed by atoms with E-state index < -0.39 is 0 Å². The third-order valence-corrected chi connectivity index (χ3v) is 4.63. The molecule has 6 heteroatoms. The van der Waals surface area contributed by atoms with Crippen LogP contribution in [-0.4, -0.2) is 27.3 Å². The zero-order valence-electron chi connectivity index (χ0n) is 15.6. The van der Waals surface area contributed by atoms with Crippen LogP contribution < -0.4 is 4.74 Å². The summed E-state index contributed by atoms with van der Waals surface area (Å²) in [4.78, 5) is 9.15. The van der Waals surface area contributed by atoms with Crippen molar-refractivity contribution in [2.24, 2.45) is 0 Å². The van der Waals surface area contributed by atoms with Gasteiger partial charge in [0.2, 0.25) is 11.8 Å². The highest BCUT2D eigenvalue weighted by Crippen LogP contribution is 2.33. The van der Waals surface area contributed by atoms with Gasteiger partial charge in [-0.3, -0.25) is 0 Å². The molecule has 0 amide bonds. The lowest BCUT2D eigenvalue weighted by Gasteiger charge is -2.07. The van der Waals surface area contributed by atoms with Crippen LogP contribution >= 0.6 is 0 Å². The molecule has 3 heterocycles. The molecular weight excluding hydrogens is 364 g/mol. The summed E-state index contributed by atoms with van der Waals surface area (Å²) >= 11 is 0. The molecule has 5 aromatic rings. The molecule has 0 N–H and O–H groups in total. The van der Waals surface area contributed by atoms with E-state index in [9.17, 15) is 0 Å². The van der Waals surface area contributed by atoms with Gasteiger partial charge in [0.15, 0.2) is 5.65 Å². The van der Waals surface area contributed by atoms with Gasteiger partial charge in [-0.1, -0.05) is 30.3 Å². The second kappa shape index (κ2) is 7.16. The largest absolute Gasteiger partial charge is 0.497 e. The molecule has 0 fully saturated rings. The summed E-state index contributed by atoms with van der Waals surface area (Å²) in [6.45, 7) is 0. The Morgan fingerprint density at radius 3 is 2.38 bits per heavy atom. The Labute approximate surface area is 166 Å². The SMILES string of the molecule is COc1ccc(-c2nnc(-c3cc4cccnc4nc3-c3ccccc3)o2)cc1. The Hall–Kier alpha value is -4.06. The number of hydrogen-bond donors (Lipinski definition) is 0. The number of aromatic nitrogens is 4. The molecule has 0 radical (unpaired) electrons. The van der Waals surface area contributed by atoms with Crippen molar-refractivity contribution in [1.82, 2.24) is 20.2 Å². The topological polar surface area (TPSA) is 73.9 Å². The number of nitrogens with zero attached hydrogens (tertiary/aromatic N) is 4. The Bertz CT molecular complexity index is 1280. The lowest BCUT2D eigenvalue weighted by molar-refractivity contribution is 0.415. The average Bonchev–Trinajstić information content (AvgIpc) is 3.29. The van der Waals surface area contributed by atoms with Crippen LogP contribution in [-0.2, 0) is 0 Å². The van der Waals surface area contributed by atoms with E-state index in [1.54, 1.807) is 13.3 Å². The number of ether oxygens (including phenoxy) is 1. The fourth-order valence-corrected chi connectivity index (χ4v) is 3.17. The van der Waals surface area contributed by atoms with Gasteiger partial charge in [0.1, 0.15) is 5.75 Å². The Balaban J connectivity index is 1.65. The molecule has 29 heavy (non-hydrogen) atoms. The molecule has 3 aromatic heterocycles. The molecule has 0 saturated heterocycles. The monoisotopic (exact) mass is 380 g/mol. The number of hydrogen-bond acceptors (Lipinski definition) is 6. The van der Waals surface area contributed by atoms with Gasteiger partial charge in [0.05, 0.1) is 18.4 Å². The zero-order valence-corrected chi connectivity index (χ0v) is 15.6. The van der Waals surface area contributed by atoms with E-state index >= 15 is 0 Å². The van der Waals surface area contributed by atoms with Crippen molar-refractivity contribution in [3.8, 4) is 39.9 Å². The van der Waals surface area contributed by atoms with Gasteiger partial charge in [-0.05, 0) is 42.5 Å². The van der Waals surface area contributed by atoms with Gasteiger partial charge in [-0.15, -0.1) is 10.2 Å². The van der Waals surface area contributed by atoms with Gasteiger partial charge in [-0.25, -0.2) is 9.97 Å². The van der Waals surface area contributed by atoms with Gasteiger partial charge in [0.25, 0.3) is 0 Å². The second-order valence-corrected chi connectivity index (χ2v) is 6.44. The van der Waals surface area contributed by atoms with Crippen molar-refractivity contribution in [3.63, 3.8) is 0 Å². The highest BCUT2D eigenvalue weighted by Gasteiger charge is 2.18. The number of rotatable bonds is 4. The molecule has 6 nitrogen and oxygen atoms in total. The Morgan fingerprint density at radius 1 is 0.793 bits per heavy atom. The number of fused-ring (bicyclic) bond motifs is 1. The summed E-state index contributed by atoms with van der Waals surface area (Å²) in [6, 6.07) is 23.2. The maximum atomic E-state index is 6.02. The molecular formula is C23H16N4O2. The lowest BCUT2D eigenvalue weighted by atomic mass is 10.0. The van der Waals surface area contributed by atoms with E-state index in [1.165, 1.54) is 0 Å². The van der Waals surface area contributed by atoms with E-state index in [2.05, 4.69) is 15.2 Å². The Morgan fingerprint density at radius 2 is 1.59 bits per heavy atom. The van der Waals surface area contributed by atoms with E-state index in [-0.39, 0.29) is 0 Å². The normalized spacial score (nSPS) is 10.9. The molecule has 5 rings (SSSR count). The summed E-state index contributed by atoms with van der Waals surface area (Å²) in [6.07, 6.45) is 1.73. The van der Waals surface area contributed by atoms with Crippen LogP contribution in [0.15, 0.2) is 83.4 Å². The van der Waals surface area contributed by atoms with Crippen molar-refractivity contribution >= 4 is 11.0 Å².